The fourth-order valence-corrected chi connectivity index (χ4v) is 3.61. The van der Waals surface area contributed by atoms with Crippen molar-refractivity contribution in [1.82, 2.24) is 4.98 Å². The number of halogens is 2. The number of hydrogen-bond acceptors (Lipinski definition) is 5. The van der Waals surface area contributed by atoms with E-state index in [0.29, 0.717) is 11.3 Å². The van der Waals surface area contributed by atoms with Gasteiger partial charge in [0.1, 0.15) is 5.82 Å². The number of sulfonamides is 1. The number of aryl methyl sites for hydroxylation is 1. The van der Waals surface area contributed by atoms with Crippen molar-refractivity contribution in [2.45, 2.75) is 11.1 Å². The molecule has 0 spiro atoms. The van der Waals surface area contributed by atoms with Crippen LogP contribution in [0.25, 0.3) is 0 Å². The first-order chi connectivity index (χ1) is 9.70. The normalized spacial score (nSPS) is 11.4. The van der Waals surface area contributed by atoms with Gasteiger partial charge in [0.05, 0.1) is 16.3 Å². The lowest BCUT2D eigenvalue weighted by Gasteiger charge is -2.04. The Hall–Kier alpha value is -1.55. The van der Waals surface area contributed by atoms with Crippen LogP contribution in [-0.2, 0) is 10.0 Å². The number of nitrogens with two attached hydrogens (primary N) is 1. The third-order valence-electron chi connectivity index (χ3n) is 2.43. The number of carbonyl (C=O) groups is 1. The summed E-state index contributed by atoms with van der Waals surface area (Å²) in [5, 5.41) is 7.08. The van der Waals surface area contributed by atoms with Gasteiger partial charge < -0.3 is 0 Å². The number of nitrogens with one attached hydrogen (secondary N) is 1. The summed E-state index contributed by atoms with van der Waals surface area (Å²) in [7, 11) is -3.91. The van der Waals surface area contributed by atoms with Crippen LogP contribution in [0.4, 0.5) is 9.52 Å². The molecular formula is C11H9ClFN3O3S2. The average Bonchev–Trinajstić information content (AvgIpc) is 2.73. The van der Waals surface area contributed by atoms with Crippen molar-refractivity contribution in [1.29, 1.82) is 0 Å². The van der Waals surface area contributed by atoms with Crippen molar-refractivity contribution in [2.75, 3.05) is 5.32 Å². The van der Waals surface area contributed by atoms with Gasteiger partial charge in [0.25, 0.3) is 5.91 Å². The lowest BCUT2D eigenvalue weighted by atomic mass is 10.2. The number of anilines is 1. The van der Waals surface area contributed by atoms with Crippen molar-refractivity contribution in [3.63, 3.8) is 0 Å². The molecule has 1 aromatic heterocycles. The molecule has 10 heteroatoms. The fraction of sp³-hybridized carbons (Fsp3) is 0.0909. The standard InChI is InChI=1S/C11H9ClFN3O3S2/c1-5-10(21(14,18)19)20-11(15-5)16-9(17)6-3-2-4-7(13)8(6)12/h2-4H,1H3,(H2,14,18,19)(H,15,16,17). The summed E-state index contributed by atoms with van der Waals surface area (Å²) in [6.07, 6.45) is 0. The highest BCUT2D eigenvalue weighted by molar-refractivity contribution is 7.91. The number of amides is 1. The quantitative estimate of drug-likeness (QED) is 0.886. The molecule has 1 heterocycles. The highest BCUT2D eigenvalue weighted by Gasteiger charge is 2.20. The molecule has 0 radical (unpaired) electrons. The molecule has 0 saturated heterocycles. The van der Waals surface area contributed by atoms with Crippen LogP contribution in [0.5, 0.6) is 0 Å². The van der Waals surface area contributed by atoms with E-state index in [1.54, 1.807) is 0 Å². The molecule has 112 valence electrons. The lowest BCUT2D eigenvalue weighted by Crippen LogP contribution is -2.12. The van der Waals surface area contributed by atoms with Crippen LogP contribution in [0.1, 0.15) is 16.1 Å². The van der Waals surface area contributed by atoms with Crippen molar-refractivity contribution in [3.8, 4) is 0 Å². The summed E-state index contributed by atoms with van der Waals surface area (Å²) in [6, 6.07) is 3.78. The third kappa shape index (κ3) is 3.38. The van der Waals surface area contributed by atoms with E-state index in [2.05, 4.69) is 10.3 Å². The minimum atomic E-state index is -3.91. The molecule has 1 amide bonds. The second kappa shape index (κ2) is 5.68. The molecule has 0 aliphatic rings. The molecule has 0 bridgehead atoms. The van der Waals surface area contributed by atoms with Gasteiger partial charge in [0.15, 0.2) is 9.34 Å². The summed E-state index contributed by atoms with van der Waals surface area (Å²) >= 11 is 6.40. The summed E-state index contributed by atoms with van der Waals surface area (Å²) in [4.78, 5) is 15.9. The van der Waals surface area contributed by atoms with E-state index in [1.807, 2.05) is 0 Å². The molecule has 1 aromatic carbocycles. The van der Waals surface area contributed by atoms with E-state index in [0.717, 1.165) is 6.07 Å². The van der Waals surface area contributed by atoms with Crippen LogP contribution < -0.4 is 10.5 Å². The van der Waals surface area contributed by atoms with E-state index >= 15 is 0 Å². The van der Waals surface area contributed by atoms with Gasteiger partial charge in [0, 0.05) is 0 Å². The first-order valence-corrected chi connectivity index (χ1v) is 8.20. The number of benzene rings is 1. The molecule has 0 atom stereocenters. The molecule has 0 unspecified atom stereocenters. The summed E-state index contributed by atoms with van der Waals surface area (Å²) in [5.41, 5.74) is 0.0878. The lowest BCUT2D eigenvalue weighted by molar-refractivity contribution is 0.102. The van der Waals surface area contributed by atoms with Crippen molar-refractivity contribution < 1.29 is 17.6 Å². The second-order valence-electron chi connectivity index (χ2n) is 3.99. The number of carbonyl (C=O) groups excluding carboxylic acids is 1. The minimum absolute atomic E-state index is 0.0295. The first kappa shape index (κ1) is 15.8. The SMILES string of the molecule is Cc1nc(NC(=O)c2cccc(F)c2Cl)sc1S(N)(=O)=O. The summed E-state index contributed by atoms with van der Waals surface area (Å²) in [6.45, 7) is 1.45. The van der Waals surface area contributed by atoms with Crippen LogP contribution >= 0.6 is 22.9 Å². The van der Waals surface area contributed by atoms with E-state index in [-0.39, 0.29) is 25.6 Å². The largest absolute Gasteiger partial charge is 0.298 e. The number of aromatic nitrogens is 1. The van der Waals surface area contributed by atoms with Crippen LogP contribution in [0, 0.1) is 12.7 Å². The predicted molar refractivity (Wildman–Crippen MR) is 77.6 cm³/mol. The number of hydrogen-bond donors (Lipinski definition) is 2. The Balaban J connectivity index is 2.31. The molecule has 0 aliphatic carbocycles. The van der Waals surface area contributed by atoms with Gasteiger partial charge in [-0.05, 0) is 19.1 Å². The van der Waals surface area contributed by atoms with Crippen LogP contribution in [0.15, 0.2) is 22.4 Å². The Morgan fingerprint density at radius 1 is 1.48 bits per heavy atom. The topological polar surface area (TPSA) is 102 Å². The number of rotatable bonds is 3. The number of primary sulfonamides is 1. The molecule has 0 aliphatic heterocycles. The Bertz CT molecular complexity index is 820. The predicted octanol–water partition coefficient (Wildman–Crippen LogP) is 2.14. The zero-order chi connectivity index (χ0) is 15.8. The molecule has 3 N–H and O–H groups in total. The van der Waals surface area contributed by atoms with Crippen LogP contribution in [0.3, 0.4) is 0 Å². The number of nitrogens with zero attached hydrogens (tertiary/aromatic N) is 1. The van der Waals surface area contributed by atoms with Gasteiger partial charge in [-0.15, -0.1) is 0 Å². The number of thiazole rings is 1. The highest BCUT2D eigenvalue weighted by atomic mass is 35.5. The monoisotopic (exact) mass is 349 g/mol. The van der Waals surface area contributed by atoms with Crippen LogP contribution in [0.2, 0.25) is 5.02 Å². The van der Waals surface area contributed by atoms with Gasteiger partial charge >= 0.3 is 0 Å². The van der Waals surface area contributed by atoms with E-state index in [4.69, 9.17) is 16.7 Å². The molecule has 0 fully saturated rings. The molecule has 21 heavy (non-hydrogen) atoms. The van der Waals surface area contributed by atoms with E-state index in [9.17, 15) is 17.6 Å². The van der Waals surface area contributed by atoms with Crippen molar-refractivity contribution in [2.24, 2.45) is 5.14 Å². The Morgan fingerprint density at radius 2 is 2.14 bits per heavy atom. The smallest absolute Gasteiger partial charge is 0.259 e. The molecule has 2 rings (SSSR count). The Labute approximate surface area is 128 Å². The van der Waals surface area contributed by atoms with Gasteiger partial charge in [-0.3, -0.25) is 10.1 Å². The fourth-order valence-electron chi connectivity index (χ4n) is 1.54. The van der Waals surface area contributed by atoms with Crippen molar-refractivity contribution >= 4 is 44.0 Å². The van der Waals surface area contributed by atoms with E-state index < -0.39 is 21.7 Å². The zero-order valence-electron chi connectivity index (χ0n) is 10.6. The van der Waals surface area contributed by atoms with E-state index in [1.165, 1.54) is 19.1 Å². The van der Waals surface area contributed by atoms with Crippen molar-refractivity contribution in [3.05, 3.63) is 40.3 Å². The maximum atomic E-state index is 13.3. The zero-order valence-corrected chi connectivity index (χ0v) is 12.9. The maximum Gasteiger partial charge on any atom is 0.259 e. The molecule has 0 saturated carbocycles. The molecule has 6 nitrogen and oxygen atoms in total. The van der Waals surface area contributed by atoms with Crippen LogP contribution in [-0.4, -0.2) is 19.3 Å². The van der Waals surface area contributed by atoms with Gasteiger partial charge in [0.2, 0.25) is 10.0 Å². The summed E-state index contributed by atoms with van der Waals surface area (Å²) in [5.74, 6) is -1.43. The van der Waals surface area contributed by atoms with Gasteiger partial charge in [-0.1, -0.05) is 29.0 Å². The Kier molecular flexibility index (Phi) is 4.28. The second-order valence-corrected chi connectivity index (χ2v) is 7.13. The molecular weight excluding hydrogens is 341 g/mol. The summed E-state index contributed by atoms with van der Waals surface area (Å²) < 4.78 is 35.7. The highest BCUT2D eigenvalue weighted by Crippen LogP contribution is 2.27. The maximum absolute atomic E-state index is 13.3. The third-order valence-corrected chi connectivity index (χ3v) is 5.44. The minimum Gasteiger partial charge on any atom is -0.298 e. The molecule has 2 aromatic rings. The van der Waals surface area contributed by atoms with Gasteiger partial charge in [-0.25, -0.2) is 22.9 Å². The average molecular weight is 350 g/mol. The van der Waals surface area contributed by atoms with Gasteiger partial charge in [-0.2, -0.15) is 0 Å². The Morgan fingerprint density at radius 3 is 2.71 bits per heavy atom. The first-order valence-electron chi connectivity index (χ1n) is 5.45.